The van der Waals surface area contributed by atoms with Crippen LogP contribution in [0, 0.1) is 11.8 Å². The van der Waals surface area contributed by atoms with Gasteiger partial charge in [-0.3, -0.25) is 4.79 Å². The molecule has 2 aliphatic rings. The largest absolute Gasteiger partial charge is 0.380 e. The van der Waals surface area contributed by atoms with Crippen molar-refractivity contribution in [3.63, 3.8) is 0 Å². The molecular weight excluding hydrogens is 204 g/mol. The Labute approximate surface area is 97.1 Å². The number of methoxy groups -OCH3 is 1. The van der Waals surface area contributed by atoms with E-state index in [-0.39, 0.29) is 18.1 Å². The fraction of sp³-hybridized carbons (Fsp3) is 0.917. The van der Waals surface area contributed by atoms with Gasteiger partial charge in [0.1, 0.15) is 0 Å². The van der Waals surface area contributed by atoms with Crippen LogP contribution in [0.5, 0.6) is 0 Å². The maximum absolute atomic E-state index is 12.0. The minimum Gasteiger partial charge on any atom is -0.380 e. The zero-order valence-electron chi connectivity index (χ0n) is 10.2. The Morgan fingerprint density at radius 2 is 2.38 bits per heavy atom. The van der Waals surface area contributed by atoms with E-state index in [1.807, 2.05) is 6.92 Å². The average molecular weight is 226 g/mol. The normalized spacial score (nSPS) is 34.8. The first-order valence-electron chi connectivity index (χ1n) is 6.26. The molecular formula is C12H22N2O2. The van der Waals surface area contributed by atoms with Crippen LogP contribution in [0.3, 0.4) is 0 Å². The Morgan fingerprint density at radius 1 is 1.56 bits per heavy atom. The first-order chi connectivity index (χ1) is 7.72. The van der Waals surface area contributed by atoms with Crippen LogP contribution in [0.1, 0.15) is 26.2 Å². The number of carbonyl (C=O) groups is 1. The molecule has 1 heterocycles. The van der Waals surface area contributed by atoms with Gasteiger partial charge in [-0.25, -0.2) is 0 Å². The summed E-state index contributed by atoms with van der Waals surface area (Å²) in [6.45, 7) is 3.58. The van der Waals surface area contributed by atoms with Crippen molar-refractivity contribution in [3.05, 3.63) is 0 Å². The van der Waals surface area contributed by atoms with Crippen molar-refractivity contribution < 1.29 is 9.53 Å². The molecule has 0 bridgehead atoms. The van der Waals surface area contributed by atoms with Gasteiger partial charge in [0.25, 0.3) is 0 Å². The molecule has 92 valence electrons. The summed E-state index contributed by atoms with van der Waals surface area (Å²) < 4.78 is 5.11. The first kappa shape index (κ1) is 11.9. The second kappa shape index (κ2) is 5.15. The lowest BCUT2D eigenvalue weighted by Crippen LogP contribution is -2.45. The van der Waals surface area contributed by atoms with E-state index < -0.39 is 0 Å². The molecule has 4 atom stereocenters. The van der Waals surface area contributed by atoms with E-state index in [1.54, 1.807) is 7.11 Å². The highest BCUT2D eigenvalue weighted by Crippen LogP contribution is 2.37. The summed E-state index contributed by atoms with van der Waals surface area (Å²) in [5, 5.41) is 6.31. The number of rotatable bonds is 4. The molecule has 1 saturated heterocycles. The Kier molecular flexibility index (Phi) is 3.82. The van der Waals surface area contributed by atoms with Gasteiger partial charge in [-0.15, -0.1) is 0 Å². The lowest BCUT2D eigenvalue weighted by molar-refractivity contribution is -0.124. The van der Waals surface area contributed by atoms with Gasteiger partial charge in [-0.05, 0) is 38.1 Å². The molecule has 0 spiro atoms. The molecule has 1 aliphatic heterocycles. The van der Waals surface area contributed by atoms with Gasteiger partial charge >= 0.3 is 0 Å². The molecule has 2 N–H and O–H groups in total. The lowest BCUT2D eigenvalue weighted by Gasteiger charge is -2.19. The van der Waals surface area contributed by atoms with E-state index in [9.17, 15) is 4.79 Å². The smallest absolute Gasteiger partial charge is 0.237 e. The minimum absolute atomic E-state index is 0.0385. The second-order valence-corrected chi connectivity index (χ2v) is 5.03. The number of carbonyl (C=O) groups excluding carboxylic acids is 1. The van der Waals surface area contributed by atoms with Gasteiger partial charge in [0, 0.05) is 13.7 Å². The number of fused-ring (bicyclic) bond motifs is 1. The van der Waals surface area contributed by atoms with Gasteiger partial charge in [0.05, 0.1) is 12.1 Å². The zero-order valence-corrected chi connectivity index (χ0v) is 10.2. The van der Waals surface area contributed by atoms with Crippen LogP contribution < -0.4 is 10.6 Å². The molecule has 0 aromatic rings. The maximum Gasteiger partial charge on any atom is 0.237 e. The molecule has 0 radical (unpaired) electrons. The molecule has 4 heteroatoms. The molecule has 0 aromatic heterocycles. The number of amides is 1. The monoisotopic (exact) mass is 226 g/mol. The van der Waals surface area contributed by atoms with Crippen molar-refractivity contribution in [1.82, 2.24) is 10.6 Å². The molecule has 4 nitrogen and oxygen atoms in total. The molecule has 1 aliphatic carbocycles. The Morgan fingerprint density at radius 3 is 3.12 bits per heavy atom. The van der Waals surface area contributed by atoms with Crippen molar-refractivity contribution in [2.75, 3.05) is 20.2 Å². The zero-order chi connectivity index (χ0) is 11.5. The van der Waals surface area contributed by atoms with E-state index >= 15 is 0 Å². The molecule has 2 fully saturated rings. The SMILES string of the molecule is COC(C)CNC(=O)C1NCC2CCCC21. The van der Waals surface area contributed by atoms with Gasteiger partial charge in [-0.1, -0.05) is 6.42 Å². The van der Waals surface area contributed by atoms with Crippen molar-refractivity contribution in [2.24, 2.45) is 11.8 Å². The minimum atomic E-state index is 0.0385. The van der Waals surface area contributed by atoms with Crippen molar-refractivity contribution in [3.8, 4) is 0 Å². The van der Waals surface area contributed by atoms with Gasteiger partial charge in [0.15, 0.2) is 0 Å². The van der Waals surface area contributed by atoms with Gasteiger partial charge in [-0.2, -0.15) is 0 Å². The van der Waals surface area contributed by atoms with Crippen molar-refractivity contribution in [1.29, 1.82) is 0 Å². The molecule has 4 unspecified atom stereocenters. The summed E-state index contributed by atoms with van der Waals surface area (Å²) in [7, 11) is 1.66. The van der Waals surface area contributed by atoms with Crippen LogP contribution in [0.2, 0.25) is 0 Å². The van der Waals surface area contributed by atoms with Crippen molar-refractivity contribution in [2.45, 2.75) is 38.3 Å². The standard InChI is InChI=1S/C12H22N2O2/c1-8(16-2)6-14-12(15)11-10-5-3-4-9(10)7-13-11/h8-11,13H,3-7H2,1-2H3,(H,14,15). The quantitative estimate of drug-likeness (QED) is 0.735. The van der Waals surface area contributed by atoms with Crippen LogP contribution in [-0.4, -0.2) is 38.3 Å². The van der Waals surface area contributed by atoms with E-state index in [0.717, 1.165) is 12.5 Å². The van der Waals surface area contributed by atoms with Crippen LogP contribution in [-0.2, 0) is 9.53 Å². The maximum atomic E-state index is 12.0. The second-order valence-electron chi connectivity index (χ2n) is 5.03. The first-order valence-corrected chi connectivity index (χ1v) is 6.26. The third-order valence-electron chi connectivity index (χ3n) is 3.99. The topological polar surface area (TPSA) is 50.4 Å². The van der Waals surface area contributed by atoms with Crippen LogP contribution in [0.15, 0.2) is 0 Å². The summed E-state index contributed by atoms with van der Waals surface area (Å²) in [6.07, 6.45) is 3.87. The summed E-state index contributed by atoms with van der Waals surface area (Å²) >= 11 is 0. The third kappa shape index (κ3) is 2.38. The van der Waals surface area contributed by atoms with E-state index in [1.165, 1.54) is 19.3 Å². The molecule has 1 amide bonds. The highest BCUT2D eigenvalue weighted by Gasteiger charge is 2.42. The summed E-state index contributed by atoms with van der Waals surface area (Å²) in [4.78, 5) is 12.0. The fourth-order valence-corrected chi connectivity index (χ4v) is 2.91. The van der Waals surface area contributed by atoms with E-state index in [2.05, 4.69) is 10.6 Å². The average Bonchev–Trinajstić information content (AvgIpc) is 2.86. The third-order valence-corrected chi connectivity index (χ3v) is 3.99. The predicted octanol–water partition coefficient (Wildman–Crippen LogP) is 0.526. The Bertz CT molecular complexity index is 257. The van der Waals surface area contributed by atoms with E-state index in [0.29, 0.717) is 12.5 Å². The lowest BCUT2D eigenvalue weighted by atomic mass is 9.93. The number of hydrogen-bond acceptors (Lipinski definition) is 3. The molecule has 0 aromatic carbocycles. The van der Waals surface area contributed by atoms with Crippen molar-refractivity contribution >= 4 is 5.91 Å². The summed E-state index contributed by atoms with van der Waals surface area (Å²) in [6, 6.07) is 0.0385. The fourth-order valence-electron chi connectivity index (χ4n) is 2.91. The van der Waals surface area contributed by atoms with Crippen LogP contribution in [0.25, 0.3) is 0 Å². The predicted molar refractivity (Wildman–Crippen MR) is 62.1 cm³/mol. The Balaban J connectivity index is 1.81. The van der Waals surface area contributed by atoms with Gasteiger partial charge < -0.3 is 15.4 Å². The molecule has 2 rings (SSSR count). The summed E-state index contributed by atoms with van der Waals surface area (Å²) in [5.41, 5.74) is 0. The number of ether oxygens (including phenoxy) is 1. The summed E-state index contributed by atoms with van der Waals surface area (Å²) in [5.74, 6) is 1.45. The molecule has 1 saturated carbocycles. The Hall–Kier alpha value is -0.610. The number of nitrogens with one attached hydrogen (secondary N) is 2. The highest BCUT2D eigenvalue weighted by molar-refractivity contribution is 5.82. The highest BCUT2D eigenvalue weighted by atomic mass is 16.5. The van der Waals surface area contributed by atoms with Gasteiger partial charge in [0.2, 0.25) is 5.91 Å². The van der Waals surface area contributed by atoms with Crippen LogP contribution >= 0.6 is 0 Å². The molecule has 16 heavy (non-hydrogen) atoms. The van der Waals surface area contributed by atoms with E-state index in [4.69, 9.17) is 4.74 Å². The number of hydrogen-bond donors (Lipinski definition) is 2. The van der Waals surface area contributed by atoms with Crippen LogP contribution in [0.4, 0.5) is 0 Å².